The Morgan fingerprint density at radius 2 is 1.76 bits per heavy atom. The van der Waals surface area contributed by atoms with Gasteiger partial charge in [-0.2, -0.15) is 8.42 Å². The lowest BCUT2D eigenvalue weighted by Crippen LogP contribution is -2.51. The quantitative estimate of drug-likeness (QED) is 0.332. The van der Waals surface area contributed by atoms with Crippen molar-refractivity contribution in [3.8, 4) is 11.5 Å². The van der Waals surface area contributed by atoms with E-state index < -0.39 is 32.9 Å². The number of ketones is 1. The molecule has 1 spiro atoms. The molecule has 1 saturated heterocycles. The molecule has 1 aromatic heterocycles. The Bertz CT molecular complexity index is 1790. The molecular formula is C35H38FN3O6S. The van der Waals surface area contributed by atoms with Crippen LogP contribution in [-0.2, 0) is 14.8 Å². The molecule has 0 atom stereocenters. The van der Waals surface area contributed by atoms with Crippen LogP contribution in [0.5, 0.6) is 11.5 Å². The van der Waals surface area contributed by atoms with Crippen molar-refractivity contribution in [1.82, 2.24) is 9.71 Å². The lowest BCUT2D eigenvalue weighted by atomic mass is 9.82. The van der Waals surface area contributed by atoms with Crippen LogP contribution in [0.15, 0.2) is 59.6 Å². The number of piperidine rings is 1. The molecule has 7 rings (SSSR count). The van der Waals surface area contributed by atoms with Gasteiger partial charge >= 0.3 is 0 Å². The Balaban J connectivity index is 1.03. The van der Waals surface area contributed by atoms with Crippen LogP contribution in [0.4, 0.5) is 10.2 Å². The number of carbonyl (C=O) groups excluding carboxylic acids is 2. The molecule has 3 fully saturated rings. The van der Waals surface area contributed by atoms with Crippen molar-refractivity contribution >= 4 is 27.5 Å². The summed E-state index contributed by atoms with van der Waals surface area (Å²) in [6.07, 6.45) is 7.73. The number of hydrogen-bond donors (Lipinski definition) is 1. The highest BCUT2D eigenvalue weighted by Gasteiger charge is 2.55. The molecule has 1 amide bonds. The summed E-state index contributed by atoms with van der Waals surface area (Å²) < 4.78 is 55.5. The number of halogens is 1. The van der Waals surface area contributed by atoms with Gasteiger partial charge in [0.25, 0.3) is 15.9 Å². The van der Waals surface area contributed by atoms with Crippen molar-refractivity contribution in [2.45, 2.75) is 93.3 Å². The molecule has 242 valence electrons. The van der Waals surface area contributed by atoms with Gasteiger partial charge in [-0.1, -0.05) is 43.5 Å². The Kier molecular flexibility index (Phi) is 7.77. The first-order valence-corrected chi connectivity index (χ1v) is 17.6. The number of rotatable bonds is 7. The van der Waals surface area contributed by atoms with Crippen molar-refractivity contribution in [3.05, 3.63) is 77.1 Å². The number of fused-ring (bicyclic) bond motifs is 1. The smallest absolute Gasteiger partial charge is 0.281 e. The van der Waals surface area contributed by atoms with E-state index in [4.69, 9.17) is 9.47 Å². The number of sulfonamides is 1. The lowest BCUT2D eigenvalue weighted by Gasteiger charge is -2.44. The van der Waals surface area contributed by atoms with E-state index in [-0.39, 0.29) is 22.8 Å². The summed E-state index contributed by atoms with van der Waals surface area (Å²) in [6, 6.07) is 14.7. The SMILES string of the molecule is Cc1cccc(C2CCCCC2)c1OC1(C(=O)NS(=O)(=O)c2cccc(N3CCC4(CC3)CC(=O)c3cc(F)ccc3O4)n2)CC1. The third-order valence-corrected chi connectivity index (χ3v) is 11.2. The molecule has 1 N–H and O–H groups in total. The maximum Gasteiger partial charge on any atom is 0.281 e. The van der Waals surface area contributed by atoms with Crippen molar-refractivity contribution in [1.29, 1.82) is 0 Å². The maximum absolute atomic E-state index is 13.7. The topological polar surface area (TPSA) is 115 Å². The second-order valence-corrected chi connectivity index (χ2v) is 14.8. The molecule has 2 aliphatic heterocycles. The molecule has 0 radical (unpaired) electrons. The number of benzene rings is 2. The standard InChI is InChI=1S/C35H38FN3O6S/c1-23-7-5-10-26(24-8-3-2-4-9-24)32(23)45-35(15-16-35)33(41)38-46(42,43)31-12-6-11-30(37-31)39-19-17-34(18-20-39)22-28(40)27-21-25(36)13-14-29(27)44-34/h5-7,10-14,21,24H,2-4,8-9,15-20,22H2,1H3,(H,38,41). The second-order valence-electron chi connectivity index (χ2n) is 13.2. The minimum atomic E-state index is -4.29. The normalized spacial score (nSPS) is 20.5. The zero-order valence-electron chi connectivity index (χ0n) is 25.9. The number of amides is 1. The number of ether oxygens (including phenoxy) is 2. The van der Waals surface area contributed by atoms with E-state index in [0.29, 0.717) is 62.0 Å². The molecular weight excluding hydrogens is 609 g/mol. The predicted octanol–water partition coefficient (Wildman–Crippen LogP) is 6.00. The molecule has 0 bridgehead atoms. The molecule has 4 aliphatic rings. The van der Waals surface area contributed by atoms with Gasteiger partial charge in [0.15, 0.2) is 16.4 Å². The highest BCUT2D eigenvalue weighted by Crippen LogP contribution is 2.46. The summed E-state index contributed by atoms with van der Waals surface area (Å²) in [5, 5.41) is -0.256. The number of anilines is 1. The van der Waals surface area contributed by atoms with E-state index >= 15 is 0 Å². The van der Waals surface area contributed by atoms with Crippen LogP contribution in [0.25, 0.3) is 0 Å². The highest BCUT2D eigenvalue weighted by atomic mass is 32.2. The zero-order valence-corrected chi connectivity index (χ0v) is 26.7. The largest absolute Gasteiger partial charge is 0.486 e. The average molecular weight is 648 g/mol. The third-order valence-electron chi connectivity index (χ3n) is 9.96. The average Bonchev–Trinajstić information content (AvgIpc) is 3.84. The van der Waals surface area contributed by atoms with Crippen molar-refractivity contribution in [3.63, 3.8) is 0 Å². The molecule has 2 saturated carbocycles. The van der Waals surface area contributed by atoms with Gasteiger partial charge in [-0.3, -0.25) is 9.59 Å². The van der Waals surface area contributed by atoms with Crippen LogP contribution in [0.1, 0.15) is 91.6 Å². The lowest BCUT2D eigenvalue weighted by molar-refractivity contribution is -0.128. The number of pyridine rings is 1. The zero-order chi connectivity index (χ0) is 32.1. The number of carbonyl (C=O) groups is 2. The van der Waals surface area contributed by atoms with E-state index in [1.807, 2.05) is 24.0 Å². The fourth-order valence-electron chi connectivity index (χ4n) is 7.12. The van der Waals surface area contributed by atoms with Crippen LogP contribution in [-0.4, -0.2) is 49.4 Å². The summed E-state index contributed by atoms with van der Waals surface area (Å²) in [5.41, 5.74) is 0.354. The molecule has 46 heavy (non-hydrogen) atoms. The van der Waals surface area contributed by atoms with Crippen LogP contribution in [0.2, 0.25) is 0 Å². The first-order valence-electron chi connectivity index (χ1n) is 16.2. The minimum Gasteiger partial charge on any atom is -0.486 e. The fourth-order valence-corrected chi connectivity index (χ4v) is 8.13. The molecule has 2 aromatic carbocycles. The number of para-hydroxylation sites is 1. The molecule has 9 nitrogen and oxygen atoms in total. The summed E-state index contributed by atoms with van der Waals surface area (Å²) in [6.45, 7) is 2.91. The van der Waals surface area contributed by atoms with Gasteiger partial charge in [0, 0.05) is 38.8 Å². The van der Waals surface area contributed by atoms with Crippen LogP contribution in [0.3, 0.4) is 0 Å². The van der Waals surface area contributed by atoms with E-state index in [2.05, 4.69) is 15.8 Å². The molecule has 11 heteroatoms. The van der Waals surface area contributed by atoms with Crippen LogP contribution < -0.4 is 19.1 Å². The predicted molar refractivity (Wildman–Crippen MR) is 169 cm³/mol. The Hall–Kier alpha value is -3.99. The van der Waals surface area contributed by atoms with Gasteiger partial charge in [0.2, 0.25) is 0 Å². The number of Topliss-reactive ketones (excluding diaryl/α,β-unsaturated/α-hetero) is 1. The minimum absolute atomic E-state index is 0.152. The van der Waals surface area contributed by atoms with Gasteiger partial charge in [-0.25, -0.2) is 14.1 Å². The Morgan fingerprint density at radius 3 is 2.50 bits per heavy atom. The van der Waals surface area contributed by atoms with E-state index in [0.717, 1.165) is 36.8 Å². The first-order chi connectivity index (χ1) is 22.1. The van der Waals surface area contributed by atoms with Gasteiger partial charge in [-0.05, 0) is 67.1 Å². The second kappa shape index (κ2) is 11.7. The molecule has 3 aromatic rings. The summed E-state index contributed by atoms with van der Waals surface area (Å²) in [5.74, 6) is 0.587. The van der Waals surface area contributed by atoms with Gasteiger partial charge in [0.05, 0.1) is 12.0 Å². The van der Waals surface area contributed by atoms with Crippen molar-refractivity contribution < 1.29 is 31.9 Å². The molecule has 3 heterocycles. The van der Waals surface area contributed by atoms with Crippen LogP contribution in [0, 0.1) is 12.7 Å². The number of hydrogen-bond acceptors (Lipinski definition) is 8. The summed E-state index contributed by atoms with van der Waals surface area (Å²) in [7, 11) is -4.29. The van der Waals surface area contributed by atoms with Gasteiger partial charge in [0.1, 0.15) is 28.7 Å². The summed E-state index contributed by atoms with van der Waals surface area (Å²) in [4.78, 5) is 32.7. The maximum atomic E-state index is 13.7. The van der Waals surface area contributed by atoms with E-state index in [9.17, 15) is 22.4 Å². The Morgan fingerprint density at radius 1 is 1.02 bits per heavy atom. The van der Waals surface area contributed by atoms with E-state index in [1.165, 1.54) is 30.7 Å². The number of nitrogens with one attached hydrogen (secondary N) is 1. The first kappa shape index (κ1) is 30.7. The monoisotopic (exact) mass is 647 g/mol. The van der Waals surface area contributed by atoms with Crippen molar-refractivity contribution in [2.24, 2.45) is 0 Å². The van der Waals surface area contributed by atoms with Gasteiger partial charge in [-0.15, -0.1) is 0 Å². The number of aromatic nitrogens is 1. The van der Waals surface area contributed by atoms with E-state index in [1.54, 1.807) is 12.1 Å². The Labute approximate surface area is 268 Å². The number of nitrogens with zero attached hydrogens (tertiary/aromatic N) is 2. The van der Waals surface area contributed by atoms with Crippen LogP contribution >= 0.6 is 0 Å². The summed E-state index contributed by atoms with van der Waals surface area (Å²) >= 11 is 0. The van der Waals surface area contributed by atoms with Crippen molar-refractivity contribution in [2.75, 3.05) is 18.0 Å². The van der Waals surface area contributed by atoms with Gasteiger partial charge < -0.3 is 14.4 Å². The number of aryl methyl sites for hydroxylation is 1. The third kappa shape index (κ3) is 5.85. The molecule has 0 unspecified atom stereocenters. The highest BCUT2D eigenvalue weighted by molar-refractivity contribution is 7.90. The fraction of sp³-hybridized carbons (Fsp3) is 0.457. The molecule has 2 aliphatic carbocycles.